The van der Waals surface area contributed by atoms with Crippen molar-refractivity contribution in [3.63, 3.8) is 0 Å². The van der Waals surface area contributed by atoms with E-state index in [1.165, 1.54) is 29.8 Å². The molecule has 0 saturated carbocycles. The highest BCUT2D eigenvalue weighted by atomic mass is 32.1. The monoisotopic (exact) mass is 344 g/mol. The maximum atomic E-state index is 13.2. The molecule has 1 saturated heterocycles. The van der Waals surface area contributed by atoms with Crippen molar-refractivity contribution in [3.8, 4) is 0 Å². The molecule has 1 aromatic heterocycles. The van der Waals surface area contributed by atoms with Crippen molar-refractivity contribution < 1.29 is 18.7 Å². The maximum Gasteiger partial charge on any atom is 0.315 e. The molecule has 1 fully saturated rings. The van der Waals surface area contributed by atoms with Crippen LogP contribution in [0.25, 0.3) is 0 Å². The third-order valence-electron chi connectivity index (χ3n) is 5.09. The van der Waals surface area contributed by atoms with Gasteiger partial charge in [0.25, 0.3) is 6.43 Å². The molecule has 0 bridgehead atoms. The second-order valence-corrected chi connectivity index (χ2v) is 7.74. The zero-order valence-electron chi connectivity index (χ0n) is 13.1. The predicted molar refractivity (Wildman–Crippen MR) is 84.0 cm³/mol. The summed E-state index contributed by atoms with van der Waals surface area (Å²) < 4.78 is 26.3. The smallest absolute Gasteiger partial charge is 0.315 e. The summed E-state index contributed by atoms with van der Waals surface area (Å²) in [4.78, 5) is 19.4. The number of aromatic nitrogens is 1. The van der Waals surface area contributed by atoms with Gasteiger partial charge in [0.15, 0.2) is 0 Å². The van der Waals surface area contributed by atoms with Gasteiger partial charge in [0.05, 0.1) is 12.2 Å². The quantitative estimate of drug-likeness (QED) is 0.851. The van der Waals surface area contributed by atoms with Gasteiger partial charge in [0, 0.05) is 4.88 Å². The standard InChI is InChI=1S/C16H22F2N2O2S/c17-14(18)16(15(21)22)6-8-20(9-7-16)10-13-19-11-4-2-1-3-5-12(11)23-13/h14H,1-10H2,(H,21,22). The van der Waals surface area contributed by atoms with Crippen LogP contribution in [0.1, 0.15) is 47.7 Å². The number of carboxylic acids is 1. The van der Waals surface area contributed by atoms with E-state index in [4.69, 9.17) is 10.1 Å². The second kappa shape index (κ2) is 6.81. The van der Waals surface area contributed by atoms with E-state index >= 15 is 0 Å². The largest absolute Gasteiger partial charge is 0.481 e. The van der Waals surface area contributed by atoms with Gasteiger partial charge in [0.1, 0.15) is 10.4 Å². The lowest BCUT2D eigenvalue weighted by Crippen LogP contribution is -2.48. The SMILES string of the molecule is O=C(O)C1(C(F)F)CCN(Cc2nc3c(s2)CCCCC3)CC1. The van der Waals surface area contributed by atoms with E-state index in [9.17, 15) is 13.6 Å². The number of halogens is 2. The van der Waals surface area contributed by atoms with Crippen LogP contribution >= 0.6 is 11.3 Å². The number of hydrogen-bond acceptors (Lipinski definition) is 4. The number of aryl methyl sites for hydroxylation is 2. The summed E-state index contributed by atoms with van der Waals surface area (Å²) in [7, 11) is 0. The van der Waals surface area contributed by atoms with Gasteiger partial charge >= 0.3 is 5.97 Å². The molecule has 3 rings (SSSR count). The minimum atomic E-state index is -2.81. The summed E-state index contributed by atoms with van der Waals surface area (Å²) in [5.41, 5.74) is -0.650. The van der Waals surface area contributed by atoms with E-state index in [-0.39, 0.29) is 12.8 Å². The highest BCUT2D eigenvalue weighted by Crippen LogP contribution is 2.38. The summed E-state index contributed by atoms with van der Waals surface area (Å²) in [6, 6.07) is 0. The van der Waals surface area contributed by atoms with Crippen LogP contribution in [0.2, 0.25) is 0 Å². The number of piperidine rings is 1. The molecule has 0 aromatic carbocycles. The number of hydrogen-bond donors (Lipinski definition) is 1. The fourth-order valence-electron chi connectivity index (χ4n) is 3.48. The maximum absolute atomic E-state index is 13.2. The Morgan fingerprint density at radius 2 is 1.96 bits per heavy atom. The van der Waals surface area contributed by atoms with Gasteiger partial charge in [-0.3, -0.25) is 9.69 Å². The Kier molecular flexibility index (Phi) is 4.96. The number of nitrogens with zero attached hydrogens (tertiary/aromatic N) is 2. The van der Waals surface area contributed by atoms with Gasteiger partial charge in [-0.15, -0.1) is 11.3 Å². The molecule has 0 spiro atoms. The molecule has 1 aromatic rings. The van der Waals surface area contributed by atoms with Gasteiger partial charge in [-0.1, -0.05) is 6.42 Å². The summed E-state index contributed by atoms with van der Waals surface area (Å²) in [5.74, 6) is -1.37. The number of fused-ring (bicyclic) bond motifs is 1. The fraction of sp³-hybridized carbons (Fsp3) is 0.750. The Morgan fingerprint density at radius 3 is 2.61 bits per heavy atom. The van der Waals surface area contributed by atoms with Crippen LogP contribution in [0.3, 0.4) is 0 Å². The van der Waals surface area contributed by atoms with Gasteiger partial charge in [-0.05, 0) is 51.6 Å². The minimum absolute atomic E-state index is 0.00505. The lowest BCUT2D eigenvalue weighted by molar-refractivity contribution is -0.165. The Balaban J connectivity index is 1.62. The summed E-state index contributed by atoms with van der Waals surface area (Å²) in [6.07, 6.45) is 3.01. The van der Waals surface area contributed by atoms with Crippen LogP contribution in [0.4, 0.5) is 8.78 Å². The van der Waals surface area contributed by atoms with Gasteiger partial charge in [-0.2, -0.15) is 0 Å². The molecule has 0 amide bonds. The van der Waals surface area contributed by atoms with Crippen molar-refractivity contribution in [1.82, 2.24) is 9.88 Å². The molecule has 1 N–H and O–H groups in total. The normalized spacial score (nSPS) is 21.9. The van der Waals surface area contributed by atoms with Crippen molar-refractivity contribution in [2.75, 3.05) is 13.1 Å². The Hall–Kier alpha value is -1.08. The number of aliphatic carboxylic acids is 1. The fourth-order valence-corrected chi connectivity index (χ4v) is 4.68. The molecule has 2 heterocycles. The predicted octanol–water partition coefficient (Wildman–Crippen LogP) is 3.34. The van der Waals surface area contributed by atoms with Crippen LogP contribution < -0.4 is 0 Å². The van der Waals surface area contributed by atoms with Gasteiger partial charge < -0.3 is 5.11 Å². The van der Waals surface area contributed by atoms with Crippen LogP contribution in [-0.4, -0.2) is 40.5 Å². The lowest BCUT2D eigenvalue weighted by Gasteiger charge is -2.37. The third kappa shape index (κ3) is 3.40. The van der Waals surface area contributed by atoms with Crippen molar-refractivity contribution in [1.29, 1.82) is 0 Å². The molecular formula is C16H22F2N2O2S. The average molecular weight is 344 g/mol. The highest BCUT2D eigenvalue weighted by molar-refractivity contribution is 7.11. The third-order valence-corrected chi connectivity index (χ3v) is 6.23. The zero-order valence-corrected chi connectivity index (χ0v) is 13.9. The van der Waals surface area contributed by atoms with Crippen LogP contribution in [0.15, 0.2) is 0 Å². The van der Waals surface area contributed by atoms with E-state index in [1.807, 2.05) is 0 Å². The molecule has 128 valence electrons. The minimum Gasteiger partial charge on any atom is -0.481 e. The molecule has 2 aliphatic rings. The molecule has 7 heteroatoms. The van der Waals surface area contributed by atoms with E-state index in [0.717, 1.165) is 17.8 Å². The van der Waals surface area contributed by atoms with E-state index in [1.54, 1.807) is 11.3 Å². The Morgan fingerprint density at radius 1 is 1.26 bits per heavy atom. The van der Waals surface area contributed by atoms with Crippen molar-refractivity contribution in [2.45, 2.75) is 57.9 Å². The summed E-state index contributed by atoms with van der Waals surface area (Å²) >= 11 is 1.74. The van der Waals surface area contributed by atoms with Crippen LogP contribution in [-0.2, 0) is 24.2 Å². The zero-order chi connectivity index (χ0) is 16.4. The molecule has 1 aliphatic heterocycles. The number of carboxylic acid groups (broad SMARTS) is 1. The van der Waals surface area contributed by atoms with E-state index in [0.29, 0.717) is 19.6 Å². The van der Waals surface area contributed by atoms with Crippen molar-refractivity contribution in [2.24, 2.45) is 5.41 Å². The van der Waals surface area contributed by atoms with Crippen molar-refractivity contribution in [3.05, 3.63) is 15.6 Å². The first-order valence-electron chi connectivity index (χ1n) is 8.22. The molecular weight excluding hydrogens is 322 g/mol. The first-order chi connectivity index (χ1) is 11.0. The molecule has 23 heavy (non-hydrogen) atoms. The number of alkyl halides is 2. The number of carbonyl (C=O) groups is 1. The van der Waals surface area contributed by atoms with Crippen LogP contribution in [0.5, 0.6) is 0 Å². The summed E-state index contributed by atoms with van der Waals surface area (Å²) in [5, 5.41) is 10.2. The first kappa shape index (κ1) is 16.8. The lowest BCUT2D eigenvalue weighted by atomic mass is 9.79. The Bertz CT molecular complexity index is 545. The van der Waals surface area contributed by atoms with E-state index in [2.05, 4.69) is 4.90 Å². The average Bonchev–Trinajstić information content (AvgIpc) is 2.76. The number of rotatable bonds is 4. The van der Waals surface area contributed by atoms with Crippen LogP contribution in [0, 0.1) is 5.41 Å². The number of likely N-dealkylation sites (tertiary alicyclic amines) is 1. The highest BCUT2D eigenvalue weighted by Gasteiger charge is 2.49. The van der Waals surface area contributed by atoms with Crippen molar-refractivity contribution >= 4 is 17.3 Å². The molecule has 1 aliphatic carbocycles. The molecule has 0 radical (unpaired) electrons. The second-order valence-electron chi connectivity index (χ2n) is 6.58. The topological polar surface area (TPSA) is 53.4 Å². The molecule has 0 atom stereocenters. The Labute approximate surface area is 138 Å². The first-order valence-corrected chi connectivity index (χ1v) is 9.04. The van der Waals surface area contributed by atoms with Gasteiger partial charge in [-0.25, -0.2) is 13.8 Å². The summed E-state index contributed by atoms with van der Waals surface area (Å²) in [6.45, 7) is 1.43. The van der Waals surface area contributed by atoms with Gasteiger partial charge in [0.2, 0.25) is 0 Å². The van der Waals surface area contributed by atoms with E-state index < -0.39 is 17.8 Å². The number of thiazole rings is 1. The molecule has 0 unspecified atom stereocenters. The molecule has 4 nitrogen and oxygen atoms in total.